The topological polar surface area (TPSA) is 0 Å². The molecule has 1 aliphatic carbocycles. The molecule has 0 aliphatic heterocycles. The maximum absolute atomic E-state index is 2.31. The number of hydrogen-bond acceptors (Lipinski definition) is 0. The van der Waals surface area contributed by atoms with Crippen molar-refractivity contribution in [2.24, 2.45) is 11.8 Å². The molecule has 1 rings (SSSR count). The summed E-state index contributed by atoms with van der Waals surface area (Å²) < 4.78 is 0. The highest BCUT2D eigenvalue weighted by atomic mass is 14.3. The number of hydrogen-bond donors (Lipinski definition) is 0. The van der Waals surface area contributed by atoms with E-state index < -0.39 is 0 Å². The molecule has 0 nitrogen and oxygen atoms in total. The van der Waals surface area contributed by atoms with Gasteiger partial charge in [-0.15, -0.1) is 0 Å². The number of rotatable bonds is 22. The Labute approximate surface area is 180 Å². The molecule has 28 heavy (non-hydrogen) atoms. The van der Waals surface area contributed by atoms with Crippen molar-refractivity contribution < 1.29 is 0 Å². The molecule has 0 amide bonds. The van der Waals surface area contributed by atoms with Crippen LogP contribution >= 0.6 is 0 Å². The highest BCUT2D eigenvalue weighted by Crippen LogP contribution is 2.40. The second-order valence-electron chi connectivity index (χ2n) is 10.1. The molecule has 0 bridgehead atoms. The molecule has 0 heteroatoms. The normalized spacial score (nSPS) is 19.1. The van der Waals surface area contributed by atoms with Gasteiger partial charge in [0.15, 0.2) is 0 Å². The molecule has 0 aromatic heterocycles. The largest absolute Gasteiger partial charge is 0.0654 e. The average Bonchev–Trinajstić information content (AvgIpc) is 2.67. The van der Waals surface area contributed by atoms with Gasteiger partial charge in [-0.3, -0.25) is 0 Å². The van der Waals surface area contributed by atoms with Crippen LogP contribution in [-0.2, 0) is 0 Å². The van der Waals surface area contributed by atoms with Gasteiger partial charge < -0.3 is 0 Å². The van der Waals surface area contributed by atoms with Crippen LogP contribution < -0.4 is 0 Å². The van der Waals surface area contributed by atoms with Crippen LogP contribution in [0.25, 0.3) is 0 Å². The predicted octanol–water partition coefficient (Wildman–Crippen LogP) is 10.6. The minimum absolute atomic E-state index is 1.11. The Kier molecular flexibility index (Phi) is 18.9. The van der Waals surface area contributed by atoms with E-state index in [0.717, 1.165) is 11.8 Å². The van der Waals surface area contributed by atoms with Crippen LogP contribution in [0.4, 0.5) is 0 Å². The van der Waals surface area contributed by atoms with Crippen molar-refractivity contribution in [2.45, 2.75) is 168 Å². The van der Waals surface area contributed by atoms with E-state index in [0.29, 0.717) is 0 Å². The summed E-state index contributed by atoms with van der Waals surface area (Å²) >= 11 is 0. The van der Waals surface area contributed by atoms with E-state index in [4.69, 9.17) is 0 Å². The lowest BCUT2D eigenvalue weighted by Crippen LogP contribution is -2.23. The molecule has 0 heterocycles. The van der Waals surface area contributed by atoms with Crippen molar-refractivity contribution in [3.8, 4) is 0 Å². The van der Waals surface area contributed by atoms with E-state index in [2.05, 4.69) is 13.8 Å². The van der Waals surface area contributed by atoms with Crippen molar-refractivity contribution in [3.63, 3.8) is 0 Å². The summed E-state index contributed by atoms with van der Waals surface area (Å²) in [5.41, 5.74) is 0. The molecule has 1 fully saturated rings. The van der Waals surface area contributed by atoms with Crippen LogP contribution in [0.2, 0.25) is 0 Å². The van der Waals surface area contributed by atoms with Gasteiger partial charge in [0.1, 0.15) is 0 Å². The van der Waals surface area contributed by atoms with E-state index in [1.165, 1.54) is 128 Å². The van der Waals surface area contributed by atoms with Gasteiger partial charge >= 0.3 is 0 Å². The molecule has 0 N–H and O–H groups in total. The van der Waals surface area contributed by atoms with E-state index in [1.54, 1.807) is 25.7 Å². The third-order valence-corrected chi connectivity index (χ3v) is 7.27. The summed E-state index contributed by atoms with van der Waals surface area (Å²) in [5.74, 6) is 2.23. The highest BCUT2D eigenvalue weighted by Gasteiger charge is 2.27. The molecule has 0 atom stereocenters. The first-order valence-corrected chi connectivity index (χ1v) is 13.9. The van der Waals surface area contributed by atoms with Crippen molar-refractivity contribution in [3.05, 3.63) is 0 Å². The summed E-state index contributed by atoms with van der Waals surface area (Å²) in [6.07, 6.45) is 35.8. The molecule has 0 unspecified atom stereocenters. The average molecular weight is 393 g/mol. The van der Waals surface area contributed by atoms with Crippen LogP contribution in [0.1, 0.15) is 168 Å². The lowest BCUT2D eigenvalue weighted by atomic mass is 9.70. The lowest BCUT2D eigenvalue weighted by Gasteiger charge is -2.35. The van der Waals surface area contributed by atoms with Crippen LogP contribution in [0.5, 0.6) is 0 Å². The monoisotopic (exact) mass is 392 g/mol. The molecule has 1 aliphatic rings. The van der Waals surface area contributed by atoms with Crippen LogP contribution in [-0.4, -0.2) is 0 Å². The first kappa shape index (κ1) is 26.0. The van der Waals surface area contributed by atoms with Gasteiger partial charge in [-0.25, -0.2) is 0 Å². The molecule has 168 valence electrons. The van der Waals surface area contributed by atoms with Gasteiger partial charge in [0.2, 0.25) is 0 Å². The molecular formula is C28H56. The quantitative estimate of drug-likeness (QED) is 0.161. The van der Waals surface area contributed by atoms with Crippen molar-refractivity contribution in [1.82, 2.24) is 0 Å². The SMILES string of the molecule is CCCCCCCCCCCCCCCC1CC(CCCCCCCCC)C1. The zero-order valence-corrected chi connectivity index (χ0v) is 20.1. The Morgan fingerprint density at radius 1 is 0.357 bits per heavy atom. The Balaban J connectivity index is 1.70. The second kappa shape index (κ2) is 20.3. The second-order valence-corrected chi connectivity index (χ2v) is 10.1. The van der Waals surface area contributed by atoms with Gasteiger partial charge in [0.05, 0.1) is 0 Å². The van der Waals surface area contributed by atoms with Crippen molar-refractivity contribution >= 4 is 0 Å². The van der Waals surface area contributed by atoms with E-state index in [-0.39, 0.29) is 0 Å². The first-order valence-electron chi connectivity index (χ1n) is 13.9. The maximum atomic E-state index is 2.31. The molecule has 0 spiro atoms. The third-order valence-electron chi connectivity index (χ3n) is 7.27. The minimum Gasteiger partial charge on any atom is -0.0654 e. The van der Waals surface area contributed by atoms with Gasteiger partial charge in [-0.2, -0.15) is 0 Å². The lowest BCUT2D eigenvalue weighted by molar-refractivity contribution is 0.163. The molecule has 0 radical (unpaired) electrons. The van der Waals surface area contributed by atoms with Crippen molar-refractivity contribution in [2.75, 3.05) is 0 Å². The molecule has 1 saturated carbocycles. The molecule has 0 aromatic rings. The van der Waals surface area contributed by atoms with Gasteiger partial charge in [0, 0.05) is 0 Å². The van der Waals surface area contributed by atoms with E-state index >= 15 is 0 Å². The number of unbranched alkanes of at least 4 members (excludes halogenated alkanes) is 18. The molecular weight excluding hydrogens is 336 g/mol. The zero-order valence-electron chi connectivity index (χ0n) is 20.1. The van der Waals surface area contributed by atoms with Gasteiger partial charge in [0.25, 0.3) is 0 Å². The standard InChI is InChI=1S/C28H56/c1-3-5-7-9-11-12-13-14-15-16-18-20-22-24-28-25-27(26-28)23-21-19-17-10-8-6-4-2/h27-28H,3-26H2,1-2H3. The maximum Gasteiger partial charge on any atom is -0.0409 e. The van der Waals surface area contributed by atoms with Crippen molar-refractivity contribution in [1.29, 1.82) is 0 Å². The summed E-state index contributed by atoms with van der Waals surface area (Å²) in [5, 5.41) is 0. The molecule has 0 saturated heterocycles. The third kappa shape index (κ3) is 15.9. The smallest absolute Gasteiger partial charge is 0.0409 e. The summed E-state index contributed by atoms with van der Waals surface area (Å²) in [6.45, 7) is 4.62. The summed E-state index contributed by atoms with van der Waals surface area (Å²) in [6, 6.07) is 0. The fraction of sp³-hybridized carbons (Fsp3) is 1.00. The van der Waals surface area contributed by atoms with Gasteiger partial charge in [-0.1, -0.05) is 155 Å². The fourth-order valence-corrected chi connectivity index (χ4v) is 5.19. The van der Waals surface area contributed by atoms with E-state index in [1.807, 2.05) is 0 Å². The first-order chi connectivity index (χ1) is 13.9. The fourth-order valence-electron chi connectivity index (χ4n) is 5.19. The van der Waals surface area contributed by atoms with Crippen LogP contribution in [0.3, 0.4) is 0 Å². The summed E-state index contributed by atoms with van der Waals surface area (Å²) in [7, 11) is 0. The predicted molar refractivity (Wildman–Crippen MR) is 129 cm³/mol. The van der Waals surface area contributed by atoms with Crippen LogP contribution in [0.15, 0.2) is 0 Å². The minimum atomic E-state index is 1.11. The van der Waals surface area contributed by atoms with Crippen LogP contribution in [0, 0.1) is 11.8 Å². The van der Waals surface area contributed by atoms with E-state index in [9.17, 15) is 0 Å². The Bertz CT molecular complexity index is 288. The molecule has 0 aromatic carbocycles. The zero-order chi connectivity index (χ0) is 20.1. The van der Waals surface area contributed by atoms with Gasteiger partial charge in [-0.05, 0) is 24.7 Å². The Hall–Kier alpha value is 0. The summed E-state index contributed by atoms with van der Waals surface area (Å²) in [4.78, 5) is 0. The Morgan fingerprint density at radius 2 is 0.607 bits per heavy atom. The highest BCUT2D eigenvalue weighted by molar-refractivity contribution is 4.79. The Morgan fingerprint density at radius 3 is 0.893 bits per heavy atom.